The number of quaternary nitrogens is 1. The number of aromatic hydroxyl groups is 2. The summed E-state index contributed by atoms with van der Waals surface area (Å²) in [6.07, 6.45) is 3.34. The van der Waals surface area contributed by atoms with E-state index in [2.05, 4.69) is 25.8 Å². The van der Waals surface area contributed by atoms with Gasteiger partial charge in [0, 0.05) is 59.7 Å². The van der Waals surface area contributed by atoms with E-state index in [0.29, 0.717) is 55.5 Å². The third kappa shape index (κ3) is 8.32. The number of carbonyl (C=O) groups is 5. The fraction of sp³-hybridized carbons (Fsp3) is 0.459. The number of thiazole rings is 1. The van der Waals surface area contributed by atoms with Crippen LogP contribution in [0.3, 0.4) is 0 Å². The topological polar surface area (TPSA) is 293 Å². The molecule has 0 radical (unpaired) electrons. The summed E-state index contributed by atoms with van der Waals surface area (Å²) in [6.45, 7) is 6.81. The van der Waals surface area contributed by atoms with Crippen molar-refractivity contribution in [1.29, 1.82) is 0 Å². The first-order valence-electron chi connectivity index (χ1n) is 18.1. The minimum Gasteiger partial charge on any atom is -0.546 e. The predicted octanol–water partition coefficient (Wildman–Crippen LogP) is -3.26. The van der Waals surface area contributed by atoms with Gasteiger partial charge in [-0.15, -0.1) is 23.1 Å². The van der Waals surface area contributed by atoms with E-state index in [1.54, 1.807) is 0 Å². The van der Waals surface area contributed by atoms with Crippen LogP contribution in [0, 0.1) is 5.41 Å². The zero-order chi connectivity index (χ0) is 42.1. The van der Waals surface area contributed by atoms with Gasteiger partial charge in [-0.2, -0.15) is 0 Å². The number of aliphatic carboxylic acids is 2. The van der Waals surface area contributed by atoms with Crippen molar-refractivity contribution in [2.24, 2.45) is 10.6 Å². The Kier molecular flexibility index (Phi) is 13.4. The molecule has 19 nitrogen and oxygen atoms in total. The summed E-state index contributed by atoms with van der Waals surface area (Å²) in [6, 6.07) is -0.0248. The molecule has 1 aromatic carbocycles. The number of aromatic nitrogens is 2. The average molecular weight is 897 g/mol. The number of aromatic amines is 1. The number of β-lactam (4-membered cyclic amide) rings is 1. The van der Waals surface area contributed by atoms with Crippen LogP contribution in [-0.4, -0.2) is 120 Å². The second-order valence-electron chi connectivity index (χ2n) is 15.5. The first-order valence-corrected chi connectivity index (χ1v) is 20.3. The Morgan fingerprint density at radius 2 is 1.83 bits per heavy atom. The van der Waals surface area contributed by atoms with Gasteiger partial charge in [-0.25, -0.2) is 4.98 Å². The number of halogens is 1. The van der Waals surface area contributed by atoms with Crippen LogP contribution >= 0.6 is 34.7 Å². The predicted molar refractivity (Wildman–Crippen MR) is 213 cm³/mol. The number of rotatable bonds is 12. The molecule has 2 aromatic heterocycles. The van der Waals surface area contributed by atoms with E-state index >= 15 is 0 Å². The molecule has 5 aliphatic rings. The number of phenolic OH excluding ortho intramolecular Hbond substituents is 2. The number of phenols is 2. The fourth-order valence-corrected chi connectivity index (χ4v) is 10.2. The number of amides is 3. The number of fused-ring (bicyclic) bond motifs is 5. The number of carboxylic acid groups (broad SMARTS) is 2. The Labute approximate surface area is 378 Å². The number of benzene rings is 1. The van der Waals surface area contributed by atoms with Gasteiger partial charge in [-0.1, -0.05) is 24.2 Å². The standard InChI is InChI=1S/C36H39ClN8O11S2.CH4.Na/c1-15-17(12-45-7-4-36(5-8-45,6-9-45)14-40-28(49)16-11-39-18-10-20(46)27(48)22(37)21(18)26(16)47)25(32(52)53)44-30(51)24(31(44)58-15)42-29(50)23(19-13-57-34(38)41-19)43-56-35(2,3)33(54)55;;/h10-11,13,15,24,31H,4-9,12,14H2,1-3H3,(H8-,38,39,40,41,42,43,46,47,48,49,50,52,53,54,55);1H4;/q;;+1/p-1/t15-,24+,31+,36?,45?;;/m0../s1. The Hall–Kier alpha value is -4.38. The Balaban J connectivity index is 0.00000341. The van der Waals surface area contributed by atoms with Gasteiger partial charge in [-0.3, -0.25) is 24.1 Å². The Morgan fingerprint density at radius 3 is 2.42 bits per heavy atom. The number of hydrogen-bond donors (Lipinski definition) is 6. The molecule has 2 bridgehead atoms. The fourth-order valence-electron chi connectivity index (χ4n) is 7.89. The zero-order valence-corrected chi connectivity index (χ0v) is 36.6. The monoisotopic (exact) mass is 896 g/mol. The van der Waals surface area contributed by atoms with Crippen LogP contribution in [0.2, 0.25) is 5.02 Å². The minimum absolute atomic E-state index is 0. The zero-order valence-electron chi connectivity index (χ0n) is 32.3. The van der Waals surface area contributed by atoms with Crippen LogP contribution in [0.25, 0.3) is 10.9 Å². The van der Waals surface area contributed by atoms with Gasteiger partial charge in [0.2, 0.25) is 5.43 Å². The second-order valence-corrected chi connectivity index (χ2v) is 18.2. The number of H-pyrrole nitrogens is 1. The Morgan fingerprint density at radius 1 is 1.18 bits per heavy atom. The molecule has 3 aromatic rings. The van der Waals surface area contributed by atoms with Crippen LogP contribution in [0.5, 0.6) is 11.5 Å². The van der Waals surface area contributed by atoms with Gasteiger partial charge in [0.1, 0.15) is 29.2 Å². The van der Waals surface area contributed by atoms with E-state index in [0.717, 1.165) is 22.3 Å². The maximum atomic E-state index is 13.6. The van der Waals surface area contributed by atoms with Crippen molar-refractivity contribution in [3.63, 3.8) is 0 Å². The summed E-state index contributed by atoms with van der Waals surface area (Å²) < 4.78 is 0.567. The molecule has 60 heavy (non-hydrogen) atoms. The molecular formula is C37H42ClN8NaO11S2. The van der Waals surface area contributed by atoms with Crippen LogP contribution < -0.4 is 61.6 Å². The third-order valence-electron chi connectivity index (χ3n) is 11.5. The number of oxime groups is 1. The van der Waals surface area contributed by atoms with E-state index < -0.39 is 69.3 Å². The summed E-state index contributed by atoms with van der Waals surface area (Å²) in [4.78, 5) is 90.8. The molecule has 8 rings (SSSR count). The van der Waals surface area contributed by atoms with Gasteiger partial charge >= 0.3 is 29.6 Å². The number of hydrogen-bond acceptors (Lipinski definition) is 16. The van der Waals surface area contributed by atoms with Gasteiger partial charge < -0.3 is 60.7 Å². The molecule has 3 atom stereocenters. The summed E-state index contributed by atoms with van der Waals surface area (Å²) in [5.41, 5.74) is 2.62. The number of nitrogens with two attached hydrogens (primary N) is 1. The van der Waals surface area contributed by atoms with E-state index in [9.17, 15) is 49.2 Å². The van der Waals surface area contributed by atoms with Gasteiger partial charge in [-0.05, 0) is 20.8 Å². The van der Waals surface area contributed by atoms with E-state index in [1.165, 1.54) is 37.2 Å². The second kappa shape index (κ2) is 17.2. The van der Waals surface area contributed by atoms with E-state index in [-0.39, 0.29) is 92.2 Å². The maximum absolute atomic E-state index is 13.6. The third-order valence-corrected chi connectivity index (χ3v) is 14.0. The number of pyridine rings is 1. The molecule has 7 N–H and O–H groups in total. The first-order chi connectivity index (χ1) is 27.3. The molecule has 0 saturated carbocycles. The van der Waals surface area contributed by atoms with Gasteiger partial charge in [0.15, 0.2) is 27.9 Å². The molecular weight excluding hydrogens is 855 g/mol. The van der Waals surface area contributed by atoms with Gasteiger partial charge in [0.25, 0.3) is 17.7 Å². The van der Waals surface area contributed by atoms with Crippen LogP contribution in [0.15, 0.2) is 38.9 Å². The molecule has 0 aliphatic carbocycles. The summed E-state index contributed by atoms with van der Waals surface area (Å²) >= 11 is 8.42. The van der Waals surface area contributed by atoms with Crippen molar-refractivity contribution >= 4 is 86.1 Å². The molecule has 4 fully saturated rings. The summed E-state index contributed by atoms with van der Waals surface area (Å²) in [5.74, 6) is -6.53. The largest absolute Gasteiger partial charge is 1.00 e. The summed E-state index contributed by atoms with van der Waals surface area (Å²) in [7, 11) is 0. The molecule has 0 spiro atoms. The number of carbonyl (C=O) groups excluding carboxylic acids is 5. The van der Waals surface area contributed by atoms with Crippen LogP contribution in [0.4, 0.5) is 5.13 Å². The normalized spacial score (nSPS) is 24.7. The van der Waals surface area contributed by atoms with Crippen LogP contribution in [-0.2, 0) is 24.0 Å². The number of anilines is 1. The number of nitrogens with one attached hydrogen (secondary N) is 3. The number of nitrogens with zero attached hydrogens (tertiary/aromatic N) is 4. The SMILES string of the molecule is C.C[C@@H]1S[C@@H]2[C@H](NC(=O)/C(=N\OC(C)(C)C(=O)[O-])c3csc(N)n3)C(=O)N2C(C(=O)[O-])=C1C[N+]12CCC(CNC(=O)c3c[nH]c4cc(O)c(O)c(Cl)c4c3=O)(CC1)CC2.[Na+]. The maximum Gasteiger partial charge on any atom is 1.00 e. The smallest absolute Gasteiger partial charge is 0.546 e. The number of piperidine rings is 3. The molecule has 0 unspecified atom stereocenters. The minimum atomic E-state index is -1.92. The average Bonchev–Trinajstić information content (AvgIpc) is 3.61. The molecule has 3 amide bonds. The first kappa shape index (κ1) is 46.7. The van der Waals surface area contributed by atoms with Crippen molar-refractivity contribution in [3.05, 3.63) is 55.4 Å². The quantitative estimate of drug-likeness (QED) is 0.0260. The Bertz CT molecular complexity index is 2400. The van der Waals surface area contributed by atoms with Crippen molar-refractivity contribution < 1.29 is 83.3 Å². The summed E-state index contributed by atoms with van der Waals surface area (Å²) in [5, 5.41) is 53.1. The number of carboxylic acids is 2. The van der Waals surface area contributed by atoms with Crippen LogP contribution in [0.1, 0.15) is 63.5 Å². The van der Waals surface area contributed by atoms with Crippen molar-refractivity contribution in [2.75, 3.05) is 38.5 Å². The number of thioether (sulfide) groups is 1. The van der Waals surface area contributed by atoms with E-state index in [1.807, 2.05) is 6.92 Å². The molecule has 23 heteroatoms. The molecule has 316 valence electrons. The van der Waals surface area contributed by atoms with Crippen molar-refractivity contribution in [2.45, 2.75) is 69.7 Å². The molecule has 5 aliphatic heterocycles. The van der Waals surface area contributed by atoms with Crippen molar-refractivity contribution in [3.8, 4) is 11.5 Å². The van der Waals surface area contributed by atoms with Crippen molar-refractivity contribution in [1.82, 2.24) is 25.5 Å². The molecule has 4 saturated heterocycles. The van der Waals surface area contributed by atoms with Gasteiger partial charge in [0.05, 0.1) is 53.2 Å². The van der Waals surface area contributed by atoms with E-state index in [4.69, 9.17) is 22.2 Å². The molecule has 7 heterocycles. The number of nitrogen functional groups attached to an aromatic ring is 1.